The van der Waals surface area contributed by atoms with Crippen molar-refractivity contribution in [1.82, 2.24) is 0 Å². The van der Waals surface area contributed by atoms with Crippen molar-refractivity contribution in [3.8, 4) is 0 Å². The Morgan fingerprint density at radius 3 is 2.29 bits per heavy atom. The highest BCUT2D eigenvalue weighted by atomic mass is 35.5. The molecule has 31 heavy (non-hydrogen) atoms. The SMILES string of the molecule is O=C1C(c2ccc(F)cc2)=C(N2CCc3ccccc32)C(=O)N1c1cccc(Cl)c1Cl. The first-order valence-electron chi connectivity index (χ1n) is 9.66. The molecule has 2 amide bonds. The van der Waals surface area contributed by atoms with E-state index in [4.69, 9.17) is 23.2 Å². The van der Waals surface area contributed by atoms with Crippen molar-refractivity contribution in [3.63, 3.8) is 0 Å². The fourth-order valence-electron chi connectivity index (χ4n) is 4.10. The van der Waals surface area contributed by atoms with Crippen LogP contribution < -0.4 is 9.80 Å². The van der Waals surface area contributed by atoms with E-state index in [0.29, 0.717) is 12.1 Å². The number of benzene rings is 3. The van der Waals surface area contributed by atoms with Gasteiger partial charge in [0.2, 0.25) is 0 Å². The molecule has 5 rings (SSSR count). The van der Waals surface area contributed by atoms with Crippen LogP contribution in [-0.4, -0.2) is 18.4 Å². The largest absolute Gasteiger partial charge is 0.336 e. The number of carbonyl (C=O) groups excluding carboxylic acids is 2. The summed E-state index contributed by atoms with van der Waals surface area (Å²) in [7, 11) is 0. The lowest BCUT2D eigenvalue weighted by Gasteiger charge is -2.22. The Morgan fingerprint density at radius 1 is 0.806 bits per heavy atom. The molecule has 0 bridgehead atoms. The van der Waals surface area contributed by atoms with Gasteiger partial charge >= 0.3 is 0 Å². The van der Waals surface area contributed by atoms with E-state index >= 15 is 0 Å². The monoisotopic (exact) mass is 452 g/mol. The van der Waals surface area contributed by atoms with E-state index in [2.05, 4.69) is 0 Å². The molecule has 2 heterocycles. The number of anilines is 2. The number of hydrogen-bond acceptors (Lipinski definition) is 3. The third kappa shape index (κ3) is 3.12. The van der Waals surface area contributed by atoms with Gasteiger partial charge in [-0.2, -0.15) is 0 Å². The van der Waals surface area contributed by atoms with Gasteiger partial charge in [0.15, 0.2) is 0 Å². The molecule has 2 aliphatic rings. The Hall–Kier alpha value is -3.15. The summed E-state index contributed by atoms with van der Waals surface area (Å²) >= 11 is 12.5. The molecule has 0 atom stereocenters. The molecule has 0 saturated carbocycles. The number of rotatable bonds is 3. The van der Waals surface area contributed by atoms with Crippen molar-refractivity contribution < 1.29 is 14.0 Å². The van der Waals surface area contributed by atoms with Crippen molar-refractivity contribution in [2.75, 3.05) is 16.3 Å². The summed E-state index contributed by atoms with van der Waals surface area (Å²) in [5, 5.41) is 0.357. The second kappa shape index (κ2) is 7.52. The third-order valence-electron chi connectivity index (χ3n) is 5.52. The minimum absolute atomic E-state index is 0.118. The zero-order valence-electron chi connectivity index (χ0n) is 16.1. The van der Waals surface area contributed by atoms with E-state index in [0.717, 1.165) is 22.6 Å². The minimum Gasteiger partial charge on any atom is -0.336 e. The van der Waals surface area contributed by atoms with Crippen LogP contribution >= 0.6 is 23.2 Å². The predicted molar refractivity (Wildman–Crippen MR) is 120 cm³/mol. The lowest BCUT2D eigenvalue weighted by atomic mass is 10.0. The Morgan fingerprint density at radius 2 is 1.52 bits per heavy atom. The smallest absolute Gasteiger partial charge is 0.282 e. The Bertz CT molecular complexity index is 1270. The highest BCUT2D eigenvalue weighted by Gasteiger charge is 2.44. The van der Waals surface area contributed by atoms with Crippen molar-refractivity contribution in [2.45, 2.75) is 6.42 Å². The van der Waals surface area contributed by atoms with Gasteiger partial charge < -0.3 is 4.90 Å². The lowest BCUT2D eigenvalue weighted by Crippen LogP contribution is -2.35. The van der Waals surface area contributed by atoms with Gasteiger partial charge in [0, 0.05) is 12.2 Å². The van der Waals surface area contributed by atoms with Crippen molar-refractivity contribution >= 4 is 52.0 Å². The number of para-hydroxylation sites is 1. The number of amides is 2. The molecule has 0 N–H and O–H groups in total. The maximum atomic E-state index is 13.7. The van der Waals surface area contributed by atoms with Gasteiger partial charge in [0.05, 0.1) is 21.3 Å². The Kier molecular flexibility index (Phi) is 4.80. The first kappa shape index (κ1) is 19.8. The summed E-state index contributed by atoms with van der Waals surface area (Å²) in [5.74, 6) is -1.45. The number of carbonyl (C=O) groups is 2. The molecule has 3 aromatic carbocycles. The van der Waals surface area contributed by atoms with Crippen LogP contribution in [-0.2, 0) is 16.0 Å². The topological polar surface area (TPSA) is 40.6 Å². The number of imide groups is 1. The average molecular weight is 453 g/mol. The molecule has 0 radical (unpaired) electrons. The molecule has 2 aliphatic heterocycles. The van der Waals surface area contributed by atoms with Gasteiger partial charge in [-0.15, -0.1) is 0 Å². The molecular formula is C24H15Cl2FN2O2. The van der Waals surface area contributed by atoms with Crippen molar-refractivity contribution in [1.29, 1.82) is 0 Å². The summed E-state index contributed by atoms with van der Waals surface area (Å²) in [6.45, 7) is 0.551. The van der Waals surface area contributed by atoms with Gasteiger partial charge in [0.1, 0.15) is 11.5 Å². The number of fused-ring (bicyclic) bond motifs is 1. The van der Waals surface area contributed by atoms with Crippen LogP contribution in [0.1, 0.15) is 11.1 Å². The first-order valence-corrected chi connectivity index (χ1v) is 10.4. The highest BCUT2D eigenvalue weighted by Crippen LogP contribution is 2.42. The van der Waals surface area contributed by atoms with E-state index in [1.807, 2.05) is 29.2 Å². The molecule has 0 aliphatic carbocycles. The summed E-state index contributed by atoms with van der Waals surface area (Å²) in [6, 6.07) is 18.1. The van der Waals surface area contributed by atoms with Crippen molar-refractivity contribution in [2.24, 2.45) is 0 Å². The number of nitrogens with zero attached hydrogens (tertiary/aromatic N) is 2. The van der Waals surface area contributed by atoms with Gasteiger partial charge in [-0.05, 0) is 47.9 Å². The van der Waals surface area contributed by atoms with Gasteiger partial charge in [-0.3, -0.25) is 9.59 Å². The second-order valence-corrected chi connectivity index (χ2v) is 8.06. The molecule has 7 heteroatoms. The van der Waals surface area contributed by atoms with Crippen LogP contribution in [0.15, 0.2) is 72.4 Å². The summed E-state index contributed by atoms with van der Waals surface area (Å²) < 4.78 is 13.6. The van der Waals surface area contributed by atoms with E-state index < -0.39 is 17.6 Å². The van der Waals surface area contributed by atoms with E-state index in [1.165, 1.54) is 24.3 Å². The van der Waals surface area contributed by atoms with Crippen molar-refractivity contribution in [3.05, 3.63) is 99.4 Å². The lowest BCUT2D eigenvalue weighted by molar-refractivity contribution is -0.120. The van der Waals surface area contributed by atoms with Crippen LogP contribution in [0.3, 0.4) is 0 Å². The van der Waals surface area contributed by atoms with Gasteiger partial charge in [-0.25, -0.2) is 9.29 Å². The fraction of sp³-hybridized carbons (Fsp3) is 0.0833. The van der Waals surface area contributed by atoms with Crippen LogP contribution in [0.5, 0.6) is 0 Å². The van der Waals surface area contributed by atoms with E-state index in [1.54, 1.807) is 18.2 Å². The minimum atomic E-state index is -0.528. The van der Waals surface area contributed by atoms with Gasteiger partial charge in [0.25, 0.3) is 11.8 Å². The number of hydrogen-bond donors (Lipinski definition) is 0. The zero-order valence-corrected chi connectivity index (χ0v) is 17.6. The molecule has 4 nitrogen and oxygen atoms in total. The highest BCUT2D eigenvalue weighted by molar-refractivity contribution is 6.50. The van der Waals surface area contributed by atoms with Crippen LogP contribution in [0.25, 0.3) is 5.57 Å². The maximum Gasteiger partial charge on any atom is 0.282 e. The molecule has 154 valence electrons. The summed E-state index contributed by atoms with van der Waals surface area (Å²) in [6.07, 6.45) is 0.746. The Labute approximate surface area is 188 Å². The first-order chi connectivity index (χ1) is 15.0. The van der Waals surface area contributed by atoms with Crippen LogP contribution in [0, 0.1) is 5.82 Å². The quantitative estimate of drug-likeness (QED) is 0.494. The average Bonchev–Trinajstić information content (AvgIpc) is 3.29. The molecule has 0 unspecified atom stereocenters. The molecule has 0 saturated heterocycles. The molecular weight excluding hydrogens is 438 g/mol. The molecule has 0 aromatic heterocycles. The molecule has 0 spiro atoms. The third-order valence-corrected chi connectivity index (χ3v) is 6.33. The van der Waals surface area contributed by atoms with Crippen LogP contribution in [0.2, 0.25) is 10.0 Å². The molecule has 0 fully saturated rings. The second-order valence-electron chi connectivity index (χ2n) is 7.28. The standard InChI is InChI=1S/C24H15Cl2FN2O2/c25-17-5-3-7-19(21(17)26)29-23(30)20(15-8-10-16(27)11-9-15)22(24(29)31)28-13-12-14-4-1-2-6-18(14)28/h1-11H,12-13H2. The Balaban J connectivity index is 1.71. The normalized spacial score (nSPS) is 15.8. The molecule has 3 aromatic rings. The fourth-order valence-corrected chi connectivity index (χ4v) is 4.48. The van der Waals surface area contributed by atoms with E-state index in [-0.39, 0.29) is 27.0 Å². The van der Waals surface area contributed by atoms with E-state index in [9.17, 15) is 14.0 Å². The predicted octanol–water partition coefficient (Wildman–Crippen LogP) is 5.48. The maximum absolute atomic E-state index is 13.7. The summed E-state index contributed by atoms with van der Waals surface area (Å²) in [5.41, 5.74) is 3.09. The zero-order chi connectivity index (χ0) is 21.7. The number of halogens is 3. The van der Waals surface area contributed by atoms with Gasteiger partial charge in [-0.1, -0.05) is 59.6 Å². The summed E-state index contributed by atoms with van der Waals surface area (Å²) in [4.78, 5) is 30.1. The van der Waals surface area contributed by atoms with Crippen LogP contribution in [0.4, 0.5) is 15.8 Å².